The van der Waals surface area contributed by atoms with Crippen LogP contribution in [-0.2, 0) is 18.6 Å². The first kappa shape index (κ1) is 22.8. The number of amides is 1. The molecule has 178 valence electrons. The van der Waals surface area contributed by atoms with E-state index in [9.17, 15) is 4.79 Å². The molecule has 5 nitrogen and oxygen atoms in total. The molecule has 0 radical (unpaired) electrons. The molecule has 1 atom stereocenters. The van der Waals surface area contributed by atoms with Gasteiger partial charge >= 0.3 is 0 Å². The van der Waals surface area contributed by atoms with Crippen LogP contribution in [-0.4, -0.2) is 17.4 Å². The zero-order chi connectivity index (χ0) is 24.1. The van der Waals surface area contributed by atoms with Crippen LogP contribution in [0.5, 0.6) is 5.75 Å². The number of ether oxygens (including phenoxy) is 1. The number of aryl methyl sites for hydroxylation is 1. The second-order valence-corrected chi connectivity index (χ2v) is 8.82. The van der Waals surface area contributed by atoms with Crippen LogP contribution in [0.4, 0.5) is 5.69 Å². The third-order valence-electron chi connectivity index (χ3n) is 6.66. The van der Waals surface area contributed by atoms with Gasteiger partial charge in [0.1, 0.15) is 17.2 Å². The molecule has 2 heterocycles. The van der Waals surface area contributed by atoms with E-state index in [4.69, 9.17) is 9.15 Å². The molecule has 1 aliphatic rings. The fourth-order valence-corrected chi connectivity index (χ4v) is 4.80. The van der Waals surface area contributed by atoms with Gasteiger partial charge in [0.05, 0.1) is 25.0 Å². The van der Waals surface area contributed by atoms with Crippen LogP contribution in [0.15, 0.2) is 102 Å². The highest BCUT2D eigenvalue weighted by Gasteiger charge is 2.45. The largest absolute Gasteiger partial charge is 0.494 e. The van der Waals surface area contributed by atoms with Crippen LogP contribution in [0, 0.1) is 0 Å². The Labute approximate surface area is 206 Å². The van der Waals surface area contributed by atoms with Crippen LogP contribution in [0.25, 0.3) is 0 Å². The number of carbonyl (C=O) groups is 1. The van der Waals surface area contributed by atoms with E-state index in [0.29, 0.717) is 25.1 Å². The van der Waals surface area contributed by atoms with Gasteiger partial charge in [0.25, 0.3) is 5.91 Å². The predicted molar refractivity (Wildman–Crippen MR) is 137 cm³/mol. The second-order valence-electron chi connectivity index (χ2n) is 8.82. The topological polar surface area (TPSA) is 54.7 Å². The summed E-state index contributed by atoms with van der Waals surface area (Å²) in [6, 6.07) is 30.0. The molecule has 3 aromatic carbocycles. The summed E-state index contributed by atoms with van der Waals surface area (Å²) in [5.74, 6) is 1.56. The maximum atomic E-state index is 13.7. The average Bonchev–Trinajstić information content (AvgIpc) is 3.43. The molecule has 1 N–H and O–H groups in total. The Hall–Kier alpha value is -3.99. The van der Waals surface area contributed by atoms with E-state index in [1.165, 1.54) is 5.56 Å². The number of rotatable bonds is 9. The van der Waals surface area contributed by atoms with Gasteiger partial charge in [0.15, 0.2) is 0 Å². The monoisotopic (exact) mass is 466 g/mol. The minimum Gasteiger partial charge on any atom is -0.494 e. The molecule has 1 aromatic heterocycles. The van der Waals surface area contributed by atoms with Crippen molar-refractivity contribution in [1.82, 2.24) is 4.90 Å². The van der Waals surface area contributed by atoms with Gasteiger partial charge < -0.3 is 19.4 Å². The Morgan fingerprint density at radius 1 is 0.914 bits per heavy atom. The summed E-state index contributed by atoms with van der Waals surface area (Å²) in [6.45, 7) is 3.12. The average molecular weight is 467 g/mol. The smallest absolute Gasteiger partial charge is 0.258 e. The van der Waals surface area contributed by atoms with Crippen LogP contribution < -0.4 is 10.1 Å². The molecular weight excluding hydrogens is 436 g/mol. The van der Waals surface area contributed by atoms with Crippen LogP contribution in [0.2, 0.25) is 0 Å². The summed E-state index contributed by atoms with van der Waals surface area (Å²) in [4.78, 5) is 15.5. The summed E-state index contributed by atoms with van der Waals surface area (Å²) in [6.07, 6.45) is 4.27. The van der Waals surface area contributed by atoms with Crippen molar-refractivity contribution in [2.75, 3.05) is 11.9 Å². The number of benzene rings is 3. The minimum atomic E-state index is -0.704. The Kier molecular flexibility index (Phi) is 6.57. The van der Waals surface area contributed by atoms with Gasteiger partial charge in [-0.15, -0.1) is 0 Å². The van der Waals surface area contributed by atoms with Gasteiger partial charge in [0.2, 0.25) is 0 Å². The normalized spacial score (nSPS) is 17.1. The number of nitrogens with one attached hydrogen (secondary N) is 1. The molecule has 0 saturated carbocycles. The molecule has 1 amide bonds. The highest BCUT2D eigenvalue weighted by Crippen LogP contribution is 2.41. The Morgan fingerprint density at radius 2 is 1.69 bits per heavy atom. The van der Waals surface area contributed by atoms with E-state index in [2.05, 4.69) is 48.6 Å². The number of furan rings is 1. The predicted octanol–water partition coefficient (Wildman–Crippen LogP) is 6.62. The number of nitrogens with zero attached hydrogens (tertiary/aromatic N) is 1. The molecular formula is C30H30N2O3. The molecule has 5 heteroatoms. The van der Waals surface area contributed by atoms with Gasteiger partial charge in [-0.2, -0.15) is 0 Å². The van der Waals surface area contributed by atoms with E-state index in [0.717, 1.165) is 35.6 Å². The highest BCUT2D eigenvalue weighted by atomic mass is 16.5. The van der Waals surface area contributed by atoms with E-state index < -0.39 is 5.66 Å². The number of hydrogen-bond donors (Lipinski definition) is 1. The maximum Gasteiger partial charge on any atom is 0.258 e. The van der Waals surface area contributed by atoms with Crippen molar-refractivity contribution in [3.8, 4) is 5.75 Å². The fourth-order valence-electron chi connectivity index (χ4n) is 4.80. The summed E-state index contributed by atoms with van der Waals surface area (Å²) in [5.41, 5.74) is 3.13. The van der Waals surface area contributed by atoms with Crippen molar-refractivity contribution in [2.24, 2.45) is 0 Å². The molecule has 0 bridgehead atoms. The van der Waals surface area contributed by atoms with E-state index in [1.807, 2.05) is 59.5 Å². The zero-order valence-corrected chi connectivity index (χ0v) is 19.9. The van der Waals surface area contributed by atoms with E-state index >= 15 is 0 Å². The maximum absolute atomic E-state index is 13.7. The molecule has 0 saturated heterocycles. The quantitative estimate of drug-likeness (QED) is 0.282. The van der Waals surface area contributed by atoms with E-state index in [1.54, 1.807) is 6.26 Å². The first-order valence-electron chi connectivity index (χ1n) is 12.2. The molecule has 4 aromatic rings. The number of carbonyl (C=O) groups excluding carboxylic acids is 1. The minimum absolute atomic E-state index is 0.0150. The number of hydrogen-bond acceptors (Lipinski definition) is 4. The summed E-state index contributed by atoms with van der Waals surface area (Å²) in [5, 5.41) is 3.68. The lowest BCUT2D eigenvalue weighted by Crippen LogP contribution is -2.56. The Bertz CT molecular complexity index is 1250. The molecule has 1 unspecified atom stereocenters. The van der Waals surface area contributed by atoms with Crippen molar-refractivity contribution in [1.29, 1.82) is 0 Å². The van der Waals surface area contributed by atoms with Crippen LogP contribution >= 0.6 is 0 Å². The molecule has 0 aliphatic carbocycles. The third-order valence-corrected chi connectivity index (χ3v) is 6.66. The molecule has 0 spiro atoms. The summed E-state index contributed by atoms with van der Waals surface area (Å²) < 4.78 is 11.6. The van der Waals surface area contributed by atoms with Crippen molar-refractivity contribution in [3.05, 3.63) is 120 Å². The summed E-state index contributed by atoms with van der Waals surface area (Å²) >= 11 is 0. The van der Waals surface area contributed by atoms with Gasteiger partial charge in [-0.3, -0.25) is 4.79 Å². The molecule has 5 rings (SSSR count). The highest BCUT2D eigenvalue weighted by molar-refractivity contribution is 6.02. The SMILES string of the molecule is CCC1(c2ccc(OCCCc3ccccc3)cc2)Nc2ccccc2C(=O)N1Cc1ccco1. The fraction of sp³-hybridized carbons (Fsp3) is 0.233. The van der Waals surface area contributed by atoms with Gasteiger partial charge in [0, 0.05) is 5.69 Å². The number of fused-ring (bicyclic) bond motifs is 1. The first-order valence-corrected chi connectivity index (χ1v) is 12.2. The Balaban J connectivity index is 1.36. The molecule has 0 fully saturated rings. The van der Waals surface area contributed by atoms with Gasteiger partial charge in [-0.1, -0.05) is 61.5 Å². The number of para-hydroxylation sites is 1. The molecule has 35 heavy (non-hydrogen) atoms. The van der Waals surface area contributed by atoms with Gasteiger partial charge in [-0.25, -0.2) is 0 Å². The van der Waals surface area contributed by atoms with Crippen molar-refractivity contribution in [2.45, 2.75) is 38.4 Å². The third kappa shape index (κ3) is 4.67. The lowest BCUT2D eigenvalue weighted by atomic mass is 9.89. The van der Waals surface area contributed by atoms with Crippen molar-refractivity contribution < 1.29 is 13.9 Å². The second kappa shape index (κ2) is 10.1. The van der Waals surface area contributed by atoms with Crippen LogP contribution in [0.1, 0.15) is 47.0 Å². The number of anilines is 1. The molecule has 1 aliphatic heterocycles. The van der Waals surface area contributed by atoms with Gasteiger partial charge in [-0.05, 0) is 66.8 Å². The van der Waals surface area contributed by atoms with Crippen LogP contribution in [0.3, 0.4) is 0 Å². The summed E-state index contributed by atoms with van der Waals surface area (Å²) in [7, 11) is 0. The zero-order valence-electron chi connectivity index (χ0n) is 19.9. The first-order chi connectivity index (χ1) is 17.2. The van der Waals surface area contributed by atoms with Crippen molar-refractivity contribution in [3.63, 3.8) is 0 Å². The van der Waals surface area contributed by atoms with Crippen molar-refractivity contribution >= 4 is 11.6 Å². The lowest BCUT2D eigenvalue weighted by Gasteiger charge is -2.48. The Morgan fingerprint density at radius 3 is 2.43 bits per heavy atom. The lowest BCUT2D eigenvalue weighted by molar-refractivity contribution is 0.0430. The standard InChI is InChI=1S/C30H30N2O3/c1-2-30(24-16-18-25(19-17-24)34-20-8-12-23-10-4-3-5-11-23)31-28-15-7-6-14-27(28)29(33)32(30)22-26-13-9-21-35-26/h3-7,9-11,13-19,21,31H,2,8,12,20,22H2,1H3. The van der Waals surface area contributed by atoms with E-state index in [-0.39, 0.29) is 5.91 Å².